The molecule has 0 spiro atoms. The van der Waals surface area contributed by atoms with E-state index in [4.69, 9.17) is 9.84 Å². The Balaban J connectivity index is 1.78. The normalized spacial score (nSPS) is 38.9. The zero-order chi connectivity index (χ0) is 12.2. The van der Waals surface area contributed by atoms with Gasteiger partial charge in [-0.05, 0) is 12.8 Å². The summed E-state index contributed by atoms with van der Waals surface area (Å²) in [5.41, 5.74) is 0. The van der Waals surface area contributed by atoms with Gasteiger partial charge in [-0.1, -0.05) is 0 Å². The van der Waals surface area contributed by atoms with Crippen molar-refractivity contribution >= 4 is 17.8 Å². The highest BCUT2D eigenvalue weighted by atomic mass is 16.5. The van der Waals surface area contributed by atoms with Crippen molar-refractivity contribution < 1.29 is 24.2 Å². The molecule has 0 aromatic rings. The molecular formula is C11H13NO5. The summed E-state index contributed by atoms with van der Waals surface area (Å²) >= 11 is 0. The smallest absolute Gasteiger partial charge is 0.305 e. The van der Waals surface area contributed by atoms with Gasteiger partial charge in [-0.2, -0.15) is 0 Å². The molecule has 3 aliphatic rings. The summed E-state index contributed by atoms with van der Waals surface area (Å²) in [6, 6.07) is 0. The van der Waals surface area contributed by atoms with Crippen LogP contribution < -0.4 is 0 Å². The van der Waals surface area contributed by atoms with Crippen LogP contribution in [0, 0.1) is 11.8 Å². The van der Waals surface area contributed by atoms with Gasteiger partial charge in [0.25, 0.3) is 0 Å². The number of carboxylic acid groups (broad SMARTS) is 1. The first-order valence-corrected chi connectivity index (χ1v) is 5.82. The molecule has 0 aromatic carbocycles. The van der Waals surface area contributed by atoms with Crippen molar-refractivity contribution in [1.29, 1.82) is 0 Å². The van der Waals surface area contributed by atoms with Crippen molar-refractivity contribution in [1.82, 2.24) is 4.90 Å². The molecule has 1 N–H and O–H groups in total. The topological polar surface area (TPSA) is 83.9 Å². The van der Waals surface area contributed by atoms with E-state index < -0.39 is 5.97 Å². The van der Waals surface area contributed by atoms with E-state index >= 15 is 0 Å². The number of carboxylic acids is 1. The van der Waals surface area contributed by atoms with Crippen LogP contribution in [0.2, 0.25) is 0 Å². The molecule has 0 saturated carbocycles. The average molecular weight is 239 g/mol. The van der Waals surface area contributed by atoms with Crippen LogP contribution in [0.5, 0.6) is 0 Å². The lowest BCUT2D eigenvalue weighted by Crippen LogP contribution is -2.35. The third kappa shape index (κ3) is 1.40. The van der Waals surface area contributed by atoms with E-state index in [2.05, 4.69) is 0 Å². The molecule has 17 heavy (non-hydrogen) atoms. The minimum atomic E-state index is -0.998. The number of rotatable bonds is 3. The fraction of sp³-hybridized carbons (Fsp3) is 0.727. The number of amides is 2. The molecule has 0 aromatic heterocycles. The number of likely N-dealkylation sites (tertiary alicyclic amines) is 1. The fourth-order valence-electron chi connectivity index (χ4n) is 3.20. The van der Waals surface area contributed by atoms with Crippen LogP contribution in [-0.2, 0) is 19.1 Å². The molecule has 0 radical (unpaired) electrons. The summed E-state index contributed by atoms with van der Waals surface area (Å²) in [5.74, 6) is -2.19. The zero-order valence-corrected chi connectivity index (χ0v) is 9.17. The Hall–Kier alpha value is -1.43. The fourth-order valence-corrected chi connectivity index (χ4v) is 3.20. The van der Waals surface area contributed by atoms with Crippen LogP contribution in [0.1, 0.15) is 19.3 Å². The number of hydrogen-bond donors (Lipinski definition) is 1. The Morgan fingerprint density at radius 2 is 1.76 bits per heavy atom. The maximum absolute atomic E-state index is 12.0. The molecule has 3 heterocycles. The highest BCUT2D eigenvalue weighted by Gasteiger charge is 2.62. The van der Waals surface area contributed by atoms with Crippen LogP contribution in [0.4, 0.5) is 0 Å². The van der Waals surface area contributed by atoms with Gasteiger partial charge in [0, 0.05) is 6.54 Å². The highest BCUT2D eigenvalue weighted by Crippen LogP contribution is 2.48. The Morgan fingerprint density at radius 3 is 2.24 bits per heavy atom. The third-order valence-electron chi connectivity index (χ3n) is 3.92. The highest BCUT2D eigenvalue weighted by molar-refractivity contribution is 6.06. The molecule has 6 heteroatoms. The van der Waals surface area contributed by atoms with Gasteiger partial charge in [-0.3, -0.25) is 19.3 Å². The molecule has 3 aliphatic heterocycles. The standard InChI is InChI=1S/C11H13NO5/c13-7(14)3-4-12-10(15)8-5-1-2-6(17-5)9(8)11(12)16/h5-6,8-9H,1-4H2,(H,13,14)/t5-,6-,8+,9+/m1/s1. The van der Waals surface area contributed by atoms with Gasteiger partial charge in [0.1, 0.15) is 0 Å². The number of hydrogen-bond acceptors (Lipinski definition) is 4. The second-order valence-corrected chi connectivity index (χ2v) is 4.81. The first kappa shape index (κ1) is 10.7. The van der Waals surface area contributed by atoms with Gasteiger partial charge in [0.2, 0.25) is 11.8 Å². The number of carbonyl (C=O) groups is 3. The Morgan fingerprint density at radius 1 is 1.24 bits per heavy atom. The minimum absolute atomic E-state index is 0.0144. The van der Waals surface area contributed by atoms with Gasteiger partial charge in [0.05, 0.1) is 30.5 Å². The third-order valence-corrected chi connectivity index (χ3v) is 3.92. The van der Waals surface area contributed by atoms with E-state index in [9.17, 15) is 14.4 Å². The van der Waals surface area contributed by atoms with Crippen molar-refractivity contribution in [2.45, 2.75) is 31.5 Å². The molecular weight excluding hydrogens is 226 g/mol. The molecule has 0 aliphatic carbocycles. The number of fused-ring (bicyclic) bond motifs is 5. The van der Waals surface area contributed by atoms with E-state index in [0.717, 1.165) is 17.7 Å². The van der Waals surface area contributed by atoms with E-state index in [0.29, 0.717) is 0 Å². The van der Waals surface area contributed by atoms with Gasteiger partial charge in [0.15, 0.2) is 0 Å². The molecule has 3 rings (SSSR count). The monoisotopic (exact) mass is 239 g/mol. The van der Waals surface area contributed by atoms with Crippen molar-refractivity contribution in [2.75, 3.05) is 6.54 Å². The van der Waals surface area contributed by atoms with Gasteiger partial charge in [-0.15, -0.1) is 0 Å². The first-order chi connectivity index (χ1) is 8.09. The number of aliphatic carboxylic acids is 1. The van der Waals surface area contributed by atoms with Crippen LogP contribution in [0.3, 0.4) is 0 Å². The van der Waals surface area contributed by atoms with Gasteiger partial charge >= 0.3 is 5.97 Å². The van der Waals surface area contributed by atoms with Crippen LogP contribution in [-0.4, -0.2) is 46.5 Å². The maximum atomic E-state index is 12.0. The second kappa shape index (κ2) is 3.53. The lowest BCUT2D eigenvalue weighted by molar-refractivity contribution is -0.144. The van der Waals surface area contributed by atoms with E-state index in [1.54, 1.807) is 0 Å². The second-order valence-electron chi connectivity index (χ2n) is 4.81. The molecule has 6 nitrogen and oxygen atoms in total. The first-order valence-electron chi connectivity index (χ1n) is 5.82. The van der Waals surface area contributed by atoms with Gasteiger partial charge in [-0.25, -0.2) is 0 Å². The molecule has 2 amide bonds. The summed E-state index contributed by atoms with van der Waals surface area (Å²) in [6.07, 6.45) is 1.22. The van der Waals surface area contributed by atoms with Crippen LogP contribution >= 0.6 is 0 Å². The van der Waals surface area contributed by atoms with Crippen molar-refractivity contribution in [3.8, 4) is 0 Å². The molecule has 4 atom stereocenters. The summed E-state index contributed by atoms with van der Waals surface area (Å²) in [7, 11) is 0. The molecule has 2 bridgehead atoms. The van der Waals surface area contributed by atoms with E-state index in [-0.39, 0.29) is 48.8 Å². The van der Waals surface area contributed by atoms with E-state index in [1.807, 2.05) is 0 Å². The predicted octanol–water partition coefficient (Wildman–Crippen LogP) is -0.377. The maximum Gasteiger partial charge on any atom is 0.305 e. The summed E-state index contributed by atoms with van der Waals surface area (Å²) < 4.78 is 5.57. The lowest BCUT2D eigenvalue weighted by atomic mass is 9.81. The number of imide groups is 1. The van der Waals surface area contributed by atoms with Crippen molar-refractivity contribution in [3.05, 3.63) is 0 Å². The Bertz CT molecular complexity index is 379. The number of nitrogens with zero attached hydrogens (tertiary/aromatic N) is 1. The minimum Gasteiger partial charge on any atom is -0.481 e. The SMILES string of the molecule is O=C(O)CCN1C(=O)[C@@H]2[C@@H](C1=O)[C@H]1CC[C@H]2O1. The van der Waals surface area contributed by atoms with Crippen molar-refractivity contribution in [2.24, 2.45) is 11.8 Å². The lowest BCUT2D eigenvalue weighted by Gasteiger charge is -2.15. The van der Waals surface area contributed by atoms with Crippen molar-refractivity contribution in [3.63, 3.8) is 0 Å². The Kier molecular flexibility index (Phi) is 2.22. The number of ether oxygens (including phenoxy) is 1. The quantitative estimate of drug-likeness (QED) is 0.679. The Labute approximate surface area is 97.5 Å². The molecule has 0 unspecified atom stereocenters. The average Bonchev–Trinajstić information content (AvgIpc) is 2.92. The number of carbonyl (C=O) groups excluding carboxylic acids is 2. The molecule has 3 fully saturated rings. The largest absolute Gasteiger partial charge is 0.481 e. The van der Waals surface area contributed by atoms with Crippen LogP contribution in [0.15, 0.2) is 0 Å². The summed E-state index contributed by atoms with van der Waals surface area (Å²) in [5, 5.41) is 8.59. The summed E-state index contributed by atoms with van der Waals surface area (Å²) in [6.45, 7) is -0.0144. The van der Waals surface area contributed by atoms with Gasteiger partial charge < -0.3 is 9.84 Å². The zero-order valence-electron chi connectivity index (χ0n) is 9.17. The van der Waals surface area contributed by atoms with E-state index in [1.165, 1.54) is 0 Å². The molecule has 92 valence electrons. The van der Waals surface area contributed by atoms with Crippen LogP contribution in [0.25, 0.3) is 0 Å². The summed E-state index contributed by atoms with van der Waals surface area (Å²) in [4.78, 5) is 35.7. The molecule has 3 saturated heterocycles. The predicted molar refractivity (Wildman–Crippen MR) is 53.8 cm³/mol.